The Kier molecular flexibility index (Phi) is 26.9. The number of carbonyl (C=O) groups excluding carboxylic acids is 5. The Morgan fingerprint density at radius 3 is 2.21 bits per heavy atom. The molecule has 0 radical (unpaired) electrons. The van der Waals surface area contributed by atoms with E-state index in [1.165, 1.54) is 51.9 Å². The minimum atomic E-state index is -6.17. The van der Waals surface area contributed by atoms with Crippen molar-refractivity contribution in [1.82, 2.24) is 39.9 Å². The van der Waals surface area contributed by atoms with E-state index in [2.05, 4.69) is 56.6 Å². The molecule has 0 spiro atoms. The molecule has 1 saturated carbocycles. The molecule has 28 heteroatoms. The fourth-order valence-corrected chi connectivity index (χ4v) is 18.8. The molecule has 4 fully saturated rings. The number of likely N-dealkylation sites (tertiary alicyclic amines) is 1. The van der Waals surface area contributed by atoms with Gasteiger partial charge in [0.25, 0.3) is 25.8 Å². The van der Waals surface area contributed by atoms with Gasteiger partial charge in [-0.25, -0.2) is 26.5 Å². The number of alkyl halides is 3. The number of amides is 4. The van der Waals surface area contributed by atoms with Crippen molar-refractivity contribution < 1.29 is 58.7 Å². The Balaban J connectivity index is 0.648. The molecule has 4 unspecified atom stereocenters. The monoisotopic (exact) mass is 1550 g/mol. The number of carbonyl (C=O) groups is 5. The molecule has 4 N–H and O–H groups in total. The van der Waals surface area contributed by atoms with Gasteiger partial charge in [0.2, 0.25) is 23.5 Å². The highest BCUT2D eigenvalue weighted by Gasteiger charge is 2.49. The van der Waals surface area contributed by atoms with Crippen LogP contribution in [0, 0.1) is 11.3 Å². The lowest BCUT2D eigenvalue weighted by Crippen LogP contribution is -2.55. The standard InChI is InChI=1S/C78H96ClF3N10O10S4/c1-53(83-4)73(95)86-71(55-15-7-5-8-16-55)76(97)92-36-14-21-68(92)75-85-67(52-104-75)72(94)57-17-13-18-62(47-57)102-46-12-11-22-70(93)91-44-38-88(39-45-91)37-34-60(51-103-63-19-9-6-10-20-63)84-66-32-31-64(48-69(66)105(98,99)78(80,81)82)106(100,101)87-74(96)56-25-29-61(30-26-56)90-42-40-89(41-43-90)50-58-49-77(2,3)35-33-65(58)54-23-27-59(79)28-24-54/h6,9-10,13,17-20,23-32,47-48,52-53,55,60,68,71,83-84H,5,7-8,11-12,14-16,21-22,33-46,49-51H2,1-4H3,(H,86,95)(H,87,96). The van der Waals surface area contributed by atoms with Gasteiger partial charge in [-0.3, -0.25) is 33.8 Å². The van der Waals surface area contributed by atoms with E-state index < -0.39 is 64.9 Å². The first-order valence-corrected chi connectivity index (χ1v) is 42.0. The second kappa shape index (κ2) is 35.8. The van der Waals surface area contributed by atoms with E-state index in [4.69, 9.17) is 21.3 Å². The van der Waals surface area contributed by atoms with Crippen LogP contribution in [0.3, 0.4) is 0 Å². The highest BCUT2D eigenvalue weighted by atomic mass is 35.5. The largest absolute Gasteiger partial charge is 0.501 e. The number of hydrogen-bond donors (Lipinski definition) is 4. The Hall–Kier alpha value is -7.37. The quantitative estimate of drug-likeness (QED) is 0.0186. The van der Waals surface area contributed by atoms with Gasteiger partial charge in [-0.2, -0.15) is 13.2 Å². The number of thioether (sulfide) groups is 1. The van der Waals surface area contributed by atoms with Crippen molar-refractivity contribution in [2.45, 2.75) is 155 Å². The topological polar surface area (TPSA) is 240 Å². The fourth-order valence-electron chi connectivity index (χ4n) is 14.8. The summed E-state index contributed by atoms with van der Waals surface area (Å²) in [6.07, 6.45) is 11.2. The van der Waals surface area contributed by atoms with E-state index in [0.29, 0.717) is 112 Å². The molecule has 20 nitrogen and oxygen atoms in total. The Labute approximate surface area is 634 Å². The van der Waals surface area contributed by atoms with Crippen molar-refractivity contribution in [2.24, 2.45) is 11.3 Å². The number of anilines is 2. The number of nitrogens with one attached hydrogen (secondary N) is 4. The van der Waals surface area contributed by atoms with E-state index in [0.717, 1.165) is 100 Å². The number of likely N-dealkylation sites (N-methyl/N-ethyl adjacent to an activating group) is 1. The smallest absolute Gasteiger partial charge is 0.494 e. The highest BCUT2D eigenvalue weighted by molar-refractivity contribution is 7.99. The number of aromatic nitrogens is 1. The molecule has 4 heterocycles. The third-order valence-corrected chi connectivity index (χ3v) is 26.3. The number of sulfonamides is 1. The second-order valence-electron chi connectivity index (χ2n) is 29.1. The molecular formula is C78H96ClF3N10O10S4. The van der Waals surface area contributed by atoms with Gasteiger partial charge in [-0.1, -0.05) is 92.7 Å². The number of halogens is 4. The third-order valence-electron chi connectivity index (χ3n) is 21.0. The molecule has 2 aliphatic carbocycles. The molecule has 0 bridgehead atoms. The number of rotatable bonds is 30. The van der Waals surface area contributed by atoms with Gasteiger partial charge >= 0.3 is 5.51 Å². The molecule has 106 heavy (non-hydrogen) atoms. The van der Waals surface area contributed by atoms with Crippen molar-refractivity contribution in [2.75, 3.05) is 102 Å². The lowest BCUT2D eigenvalue weighted by molar-refractivity contribution is -0.139. The van der Waals surface area contributed by atoms with Gasteiger partial charge in [0.05, 0.1) is 29.3 Å². The lowest BCUT2D eigenvalue weighted by Gasteiger charge is -2.39. The van der Waals surface area contributed by atoms with Gasteiger partial charge in [-0.15, -0.1) is 23.1 Å². The highest BCUT2D eigenvalue weighted by Crippen LogP contribution is 2.44. The molecular weight excluding hydrogens is 1460 g/mol. The zero-order chi connectivity index (χ0) is 75.3. The number of sulfone groups is 1. The number of ketones is 1. The van der Waals surface area contributed by atoms with Crippen LogP contribution in [-0.4, -0.2) is 186 Å². The zero-order valence-electron chi connectivity index (χ0n) is 60.5. The number of piperazine rings is 2. The summed E-state index contributed by atoms with van der Waals surface area (Å²) < 4.78 is 106. The van der Waals surface area contributed by atoms with E-state index in [1.54, 1.807) is 60.6 Å². The Morgan fingerprint density at radius 2 is 1.50 bits per heavy atom. The predicted molar refractivity (Wildman–Crippen MR) is 410 cm³/mol. The van der Waals surface area contributed by atoms with E-state index in [9.17, 15) is 54.0 Å². The summed E-state index contributed by atoms with van der Waals surface area (Å²) in [5.74, 6) is -0.859. The minimum Gasteiger partial charge on any atom is -0.494 e. The van der Waals surface area contributed by atoms with Crippen molar-refractivity contribution in [3.8, 4) is 5.75 Å². The molecule has 3 aliphatic heterocycles. The number of thiazole rings is 1. The van der Waals surface area contributed by atoms with Crippen LogP contribution in [0.2, 0.25) is 5.02 Å². The van der Waals surface area contributed by atoms with Crippen LogP contribution in [0.4, 0.5) is 24.5 Å². The third kappa shape index (κ3) is 20.5. The Morgan fingerprint density at radius 1 is 0.783 bits per heavy atom. The molecule has 4 amide bonds. The van der Waals surface area contributed by atoms with E-state index in [1.807, 2.05) is 52.1 Å². The van der Waals surface area contributed by atoms with Crippen molar-refractivity contribution in [3.63, 3.8) is 0 Å². The summed E-state index contributed by atoms with van der Waals surface area (Å²) in [6.45, 7) is 13.4. The summed E-state index contributed by atoms with van der Waals surface area (Å²) in [6, 6.07) is 30.9. The molecule has 570 valence electrons. The molecule has 5 aliphatic rings. The summed E-state index contributed by atoms with van der Waals surface area (Å²) in [5, 5.41) is 12.2. The van der Waals surface area contributed by atoms with Crippen LogP contribution in [0.5, 0.6) is 5.75 Å². The molecule has 11 rings (SSSR count). The van der Waals surface area contributed by atoms with Gasteiger partial charge in [0.15, 0.2) is 0 Å². The number of nitrogens with zero attached hydrogens (tertiary/aromatic N) is 6. The minimum absolute atomic E-state index is 0.0235. The van der Waals surface area contributed by atoms with E-state index in [-0.39, 0.29) is 64.3 Å². The molecule has 1 aromatic heterocycles. The van der Waals surface area contributed by atoms with Crippen LogP contribution in [0.15, 0.2) is 147 Å². The second-order valence-corrected chi connectivity index (χ2v) is 35.1. The lowest BCUT2D eigenvalue weighted by atomic mass is 9.73. The summed E-state index contributed by atoms with van der Waals surface area (Å²) in [7, 11) is -9.40. The van der Waals surface area contributed by atoms with Crippen molar-refractivity contribution in [3.05, 3.63) is 165 Å². The van der Waals surface area contributed by atoms with Crippen LogP contribution < -0.4 is 30.3 Å². The summed E-state index contributed by atoms with van der Waals surface area (Å²) >= 11 is 8.98. The van der Waals surface area contributed by atoms with Crippen LogP contribution in [0.1, 0.15) is 154 Å². The van der Waals surface area contributed by atoms with Gasteiger partial charge < -0.3 is 35.4 Å². The maximum absolute atomic E-state index is 14.6. The summed E-state index contributed by atoms with van der Waals surface area (Å²) in [4.78, 5) is 82.3. The first-order valence-electron chi connectivity index (χ1n) is 36.7. The number of unbranched alkanes of at least 4 members (excludes halogenated alkanes) is 1. The van der Waals surface area contributed by atoms with Gasteiger partial charge in [0, 0.05) is 122 Å². The number of benzene rings is 5. The zero-order valence-corrected chi connectivity index (χ0v) is 64.5. The van der Waals surface area contributed by atoms with Gasteiger partial charge in [0.1, 0.15) is 27.4 Å². The van der Waals surface area contributed by atoms with Gasteiger partial charge in [-0.05, 0) is 180 Å². The van der Waals surface area contributed by atoms with Crippen LogP contribution >= 0.6 is 34.7 Å². The molecule has 4 atom stereocenters. The fraction of sp³-hybridized carbons (Fsp3) is 0.487. The predicted octanol–water partition coefficient (Wildman–Crippen LogP) is 12.9. The number of allylic oxidation sites excluding steroid dienone is 1. The average Bonchev–Trinajstić information content (AvgIpc) is 0.952. The van der Waals surface area contributed by atoms with Crippen molar-refractivity contribution >= 4 is 101 Å². The van der Waals surface area contributed by atoms with Crippen LogP contribution in [-0.2, 0) is 34.2 Å². The van der Waals surface area contributed by atoms with Crippen LogP contribution in [0.25, 0.3) is 5.57 Å². The van der Waals surface area contributed by atoms with E-state index >= 15 is 0 Å². The van der Waals surface area contributed by atoms with Crippen molar-refractivity contribution in [1.29, 1.82) is 0 Å². The maximum Gasteiger partial charge on any atom is 0.501 e. The molecule has 3 saturated heterocycles. The number of ether oxygens (including phenoxy) is 1. The number of hydrogen-bond acceptors (Lipinski definition) is 18. The molecule has 5 aromatic carbocycles. The first kappa shape index (κ1) is 79.7. The first-order chi connectivity index (χ1) is 50.7. The normalized spacial score (nSPS) is 18.8. The SMILES string of the molecule is CNC(C)C(=O)NC(C(=O)N1CCCC1c1nc(C(=O)c2cccc(OCCCCC(=O)N3CCN(CCC(CSc4ccccc4)Nc4ccc(S(=O)(=O)NC(=O)c5ccc(N6CCN(CC7=C(c8ccc(Cl)cc8)CCC(C)(C)C7)CC6)cc5)cc4S(=O)(=O)C(F)(F)F)CC3)c2)cs1)C1CCCCC1. The maximum atomic E-state index is 14.6. The Bertz CT molecular complexity index is 4320. The molecule has 6 aromatic rings. The summed E-state index contributed by atoms with van der Waals surface area (Å²) in [5.41, 5.74) is -0.632. The average molecular weight is 1550 g/mol.